The van der Waals surface area contributed by atoms with E-state index in [0.717, 1.165) is 11.3 Å². The molecule has 1 amide bonds. The third-order valence-corrected chi connectivity index (χ3v) is 5.36. The van der Waals surface area contributed by atoms with Crippen LogP contribution < -0.4 is 15.0 Å². The highest BCUT2D eigenvalue weighted by molar-refractivity contribution is 5.80. The molecule has 1 aromatic heterocycles. The molecule has 0 atom stereocenters. The smallest absolute Gasteiger partial charge is 0.266 e. The molecule has 0 aliphatic carbocycles. The number of rotatable bonds is 8. The van der Waals surface area contributed by atoms with Crippen LogP contribution in [0.3, 0.4) is 0 Å². The molecule has 0 saturated carbocycles. The Morgan fingerprint density at radius 2 is 1.69 bits per heavy atom. The van der Waals surface area contributed by atoms with Gasteiger partial charge in [0.15, 0.2) is 18.1 Å². The number of nitrogens with zero attached hydrogens (tertiary/aromatic N) is 3. The Hall–Kier alpha value is -4.39. The molecule has 0 radical (unpaired) electrons. The predicted molar refractivity (Wildman–Crippen MR) is 138 cm³/mol. The van der Waals surface area contributed by atoms with Gasteiger partial charge in [-0.1, -0.05) is 42.5 Å². The van der Waals surface area contributed by atoms with Gasteiger partial charge in [0, 0.05) is 14.1 Å². The normalized spacial score (nSPS) is 11.1. The van der Waals surface area contributed by atoms with E-state index in [4.69, 9.17) is 14.5 Å². The number of para-hydroxylation sites is 2. The fourth-order valence-electron chi connectivity index (χ4n) is 3.54. The number of likely N-dealkylation sites (N-methyl/N-ethyl adjacent to an activating group) is 1. The van der Waals surface area contributed by atoms with Gasteiger partial charge in [-0.25, -0.2) is 4.98 Å². The molecular weight excluding hydrogens is 442 g/mol. The van der Waals surface area contributed by atoms with Crippen molar-refractivity contribution in [2.45, 2.75) is 6.92 Å². The molecule has 4 aromatic rings. The summed E-state index contributed by atoms with van der Waals surface area (Å²) in [5.41, 5.74) is 2.07. The van der Waals surface area contributed by atoms with E-state index in [0.29, 0.717) is 34.8 Å². The summed E-state index contributed by atoms with van der Waals surface area (Å²) in [4.78, 5) is 31.5. The highest BCUT2D eigenvalue weighted by Crippen LogP contribution is 2.29. The van der Waals surface area contributed by atoms with Crippen molar-refractivity contribution < 1.29 is 14.3 Å². The first-order chi connectivity index (χ1) is 17.0. The van der Waals surface area contributed by atoms with Gasteiger partial charge >= 0.3 is 0 Å². The first kappa shape index (κ1) is 23.8. The number of amides is 1. The van der Waals surface area contributed by atoms with Crippen LogP contribution in [0.25, 0.3) is 28.7 Å². The second-order valence-electron chi connectivity index (χ2n) is 8.01. The van der Waals surface area contributed by atoms with E-state index < -0.39 is 0 Å². The fraction of sp³-hybridized carbons (Fsp3) is 0.179. The van der Waals surface area contributed by atoms with Crippen LogP contribution in [-0.2, 0) is 4.79 Å². The average Bonchev–Trinajstić information content (AvgIpc) is 2.87. The first-order valence-corrected chi connectivity index (χ1v) is 11.3. The van der Waals surface area contributed by atoms with Crippen LogP contribution in [0, 0.1) is 0 Å². The number of aromatic nitrogens is 2. The number of hydrogen-bond acceptors (Lipinski definition) is 5. The molecular formula is C28H27N3O4. The second-order valence-corrected chi connectivity index (χ2v) is 8.01. The van der Waals surface area contributed by atoms with Crippen LogP contribution in [0.4, 0.5) is 0 Å². The maximum atomic E-state index is 13.3. The van der Waals surface area contributed by atoms with Crippen molar-refractivity contribution in [2.75, 3.05) is 27.3 Å². The van der Waals surface area contributed by atoms with Crippen molar-refractivity contribution in [3.63, 3.8) is 0 Å². The van der Waals surface area contributed by atoms with Crippen LogP contribution in [0.15, 0.2) is 77.6 Å². The van der Waals surface area contributed by atoms with Gasteiger partial charge in [-0.05, 0) is 55.0 Å². The van der Waals surface area contributed by atoms with Crippen LogP contribution >= 0.6 is 0 Å². The largest absolute Gasteiger partial charge is 0.490 e. The molecule has 0 saturated heterocycles. The van der Waals surface area contributed by atoms with Gasteiger partial charge in [0.1, 0.15) is 5.82 Å². The van der Waals surface area contributed by atoms with E-state index in [2.05, 4.69) is 0 Å². The average molecular weight is 470 g/mol. The molecule has 0 spiro atoms. The molecule has 3 aromatic carbocycles. The third-order valence-electron chi connectivity index (χ3n) is 5.36. The summed E-state index contributed by atoms with van der Waals surface area (Å²) in [5, 5.41) is 0.556. The van der Waals surface area contributed by atoms with Crippen LogP contribution in [-0.4, -0.2) is 47.7 Å². The monoisotopic (exact) mass is 469 g/mol. The Balaban J connectivity index is 1.72. The molecule has 0 fully saturated rings. The maximum absolute atomic E-state index is 13.3. The van der Waals surface area contributed by atoms with Gasteiger partial charge in [-0.15, -0.1) is 0 Å². The number of benzene rings is 3. The Morgan fingerprint density at radius 3 is 2.43 bits per heavy atom. The maximum Gasteiger partial charge on any atom is 0.266 e. The van der Waals surface area contributed by atoms with E-state index >= 15 is 0 Å². The lowest BCUT2D eigenvalue weighted by Crippen LogP contribution is -2.27. The van der Waals surface area contributed by atoms with E-state index in [1.165, 1.54) is 4.90 Å². The SMILES string of the molecule is CCOc1cc(C=Cc2nc3ccccc3c(=O)n2-c2ccccc2)ccc1OCC(=O)N(C)C. The second kappa shape index (κ2) is 10.7. The number of carbonyl (C=O) groups excluding carboxylic acids is 1. The van der Waals surface area contributed by atoms with Crippen molar-refractivity contribution in [3.8, 4) is 17.2 Å². The molecule has 178 valence electrons. The van der Waals surface area contributed by atoms with Crippen LogP contribution in [0.2, 0.25) is 0 Å². The summed E-state index contributed by atoms with van der Waals surface area (Å²) in [5.74, 6) is 1.39. The summed E-state index contributed by atoms with van der Waals surface area (Å²) >= 11 is 0. The predicted octanol–water partition coefficient (Wildman–Crippen LogP) is 4.42. The zero-order valence-electron chi connectivity index (χ0n) is 20.0. The molecule has 35 heavy (non-hydrogen) atoms. The summed E-state index contributed by atoms with van der Waals surface area (Å²) < 4.78 is 13.0. The molecule has 0 aliphatic rings. The van der Waals surface area contributed by atoms with Crippen LogP contribution in [0.1, 0.15) is 18.3 Å². The third kappa shape index (κ3) is 5.41. The quantitative estimate of drug-likeness (QED) is 0.382. The minimum atomic E-state index is -0.141. The van der Waals surface area contributed by atoms with Crippen molar-refractivity contribution in [2.24, 2.45) is 0 Å². The highest BCUT2D eigenvalue weighted by Gasteiger charge is 2.12. The molecule has 7 heteroatoms. The van der Waals surface area contributed by atoms with E-state index in [-0.39, 0.29) is 18.1 Å². The van der Waals surface area contributed by atoms with Crippen molar-refractivity contribution in [1.29, 1.82) is 0 Å². The van der Waals surface area contributed by atoms with Gasteiger partial charge in [-0.3, -0.25) is 14.2 Å². The Labute approximate surface area is 203 Å². The standard InChI is InChI=1S/C28H27N3O4/c1-4-34-25-18-20(14-16-24(25)35-19-27(32)30(2)3)15-17-26-29-23-13-9-8-12-22(23)28(33)31(26)21-10-6-5-7-11-21/h5-18H,4,19H2,1-3H3. The summed E-state index contributed by atoms with van der Waals surface area (Å²) in [6.45, 7) is 2.26. The number of hydrogen-bond donors (Lipinski definition) is 0. The molecule has 0 bridgehead atoms. The number of ether oxygens (including phenoxy) is 2. The Morgan fingerprint density at radius 1 is 0.943 bits per heavy atom. The number of carbonyl (C=O) groups is 1. The van der Waals surface area contributed by atoms with Gasteiger partial charge in [0.2, 0.25) is 0 Å². The highest BCUT2D eigenvalue weighted by atomic mass is 16.5. The van der Waals surface area contributed by atoms with Crippen molar-refractivity contribution >= 4 is 29.0 Å². The lowest BCUT2D eigenvalue weighted by molar-refractivity contribution is -0.130. The molecule has 0 aliphatic heterocycles. The zero-order chi connectivity index (χ0) is 24.8. The van der Waals surface area contributed by atoms with Gasteiger partial charge < -0.3 is 14.4 Å². The molecule has 1 heterocycles. The molecule has 7 nitrogen and oxygen atoms in total. The Kier molecular flexibility index (Phi) is 7.26. The first-order valence-electron chi connectivity index (χ1n) is 11.3. The van der Waals surface area contributed by atoms with Gasteiger partial charge in [-0.2, -0.15) is 0 Å². The lowest BCUT2D eigenvalue weighted by Gasteiger charge is -2.14. The van der Waals surface area contributed by atoms with Crippen molar-refractivity contribution in [1.82, 2.24) is 14.5 Å². The minimum Gasteiger partial charge on any atom is -0.490 e. The summed E-state index contributed by atoms with van der Waals surface area (Å²) in [7, 11) is 3.36. The summed E-state index contributed by atoms with van der Waals surface area (Å²) in [6.07, 6.45) is 3.68. The van der Waals surface area contributed by atoms with E-state index in [1.807, 2.05) is 79.7 Å². The number of fused-ring (bicyclic) bond motifs is 1. The zero-order valence-corrected chi connectivity index (χ0v) is 20.0. The topological polar surface area (TPSA) is 73.7 Å². The molecule has 0 N–H and O–H groups in total. The molecule has 4 rings (SSSR count). The van der Waals surface area contributed by atoms with Crippen molar-refractivity contribution in [3.05, 3.63) is 94.5 Å². The van der Waals surface area contributed by atoms with E-state index in [9.17, 15) is 9.59 Å². The van der Waals surface area contributed by atoms with E-state index in [1.54, 1.807) is 30.8 Å². The molecule has 0 unspecified atom stereocenters. The fourth-order valence-corrected chi connectivity index (χ4v) is 3.54. The Bertz CT molecular complexity index is 1430. The van der Waals surface area contributed by atoms with Gasteiger partial charge in [0.05, 0.1) is 23.2 Å². The van der Waals surface area contributed by atoms with Gasteiger partial charge in [0.25, 0.3) is 11.5 Å². The summed E-state index contributed by atoms with van der Waals surface area (Å²) in [6, 6.07) is 22.2. The van der Waals surface area contributed by atoms with Crippen LogP contribution in [0.5, 0.6) is 11.5 Å². The lowest BCUT2D eigenvalue weighted by atomic mass is 10.1. The minimum absolute atomic E-state index is 0.0768.